The number of nitrogens with two attached hydrogens (primary N) is 1. The first-order chi connectivity index (χ1) is 11.4. The molecule has 1 atom stereocenters. The van der Waals surface area contributed by atoms with E-state index in [0.717, 1.165) is 5.56 Å². The van der Waals surface area contributed by atoms with Crippen molar-refractivity contribution in [2.45, 2.75) is 32.0 Å². The largest absolute Gasteiger partial charge is 0.493 e. The maximum Gasteiger partial charge on any atom is 0.228 e. The van der Waals surface area contributed by atoms with E-state index in [1.165, 1.54) is 13.8 Å². The van der Waals surface area contributed by atoms with Crippen LogP contribution in [-0.2, 0) is 5.67 Å². The Hall–Kier alpha value is -2.95. The van der Waals surface area contributed by atoms with Gasteiger partial charge in [-0.15, -0.1) is 0 Å². The summed E-state index contributed by atoms with van der Waals surface area (Å²) in [7, 11) is 0. The summed E-state index contributed by atoms with van der Waals surface area (Å²) >= 11 is 0. The monoisotopic (exact) mass is 328 g/mol. The zero-order valence-electron chi connectivity index (χ0n) is 13.4. The number of fused-ring (bicyclic) bond motifs is 1. The van der Waals surface area contributed by atoms with Crippen molar-refractivity contribution >= 4 is 11.9 Å². The van der Waals surface area contributed by atoms with Gasteiger partial charge in [0.15, 0.2) is 11.5 Å². The van der Waals surface area contributed by atoms with E-state index in [1.54, 1.807) is 12.1 Å². The third-order valence-electron chi connectivity index (χ3n) is 3.67. The molecule has 0 saturated carbocycles. The molecule has 3 N–H and O–H groups in total. The van der Waals surface area contributed by atoms with Crippen LogP contribution in [0.3, 0.4) is 0 Å². The second-order valence-electron chi connectivity index (χ2n) is 6.01. The Morgan fingerprint density at radius 1 is 1.38 bits per heavy atom. The van der Waals surface area contributed by atoms with E-state index in [0.29, 0.717) is 24.3 Å². The molecule has 124 valence electrons. The van der Waals surface area contributed by atoms with Crippen molar-refractivity contribution < 1.29 is 9.13 Å². The van der Waals surface area contributed by atoms with Gasteiger partial charge in [-0.2, -0.15) is 20.2 Å². The van der Waals surface area contributed by atoms with Crippen LogP contribution >= 0.6 is 0 Å². The van der Waals surface area contributed by atoms with Crippen molar-refractivity contribution in [1.29, 1.82) is 5.26 Å². The fraction of sp³-hybridized carbons (Fsp3) is 0.375. The van der Waals surface area contributed by atoms with Gasteiger partial charge in [-0.3, -0.25) is 0 Å². The number of benzene rings is 1. The number of aromatic nitrogens is 3. The Morgan fingerprint density at radius 3 is 2.88 bits per heavy atom. The number of hydrogen-bond donors (Lipinski definition) is 2. The van der Waals surface area contributed by atoms with Gasteiger partial charge in [-0.1, -0.05) is 6.07 Å². The molecule has 0 aliphatic carbocycles. The average Bonchev–Trinajstić information content (AvgIpc) is 2.53. The molecule has 1 unspecified atom stereocenters. The zero-order valence-corrected chi connectivity index (χ0v) is 13.4. The van der Waals surface area contributed by atoms with Gasteiger partial charge in [0.25, 0.3) is 0 Å². The SMILES string of the molecule is CC(C)(F)c1nc(N)nc(NC2CCOc3cc(C#N)ccc32)n1. The predicted molar refractivity (Wildman–Crippen MR) is 86.0 cm³/mol. The summed E-state index contributed by atoms with van der Waals surface area (Å²) in [5.74, 6) is 0.793. The van der Waals surface area contributed by atoms with Crippen molar-refractivity contribution in [1.82, 2.24) is 15.0 Å². The van der Waals surface area contributed by atoms with Crippen LogP contribution in [0.1, 0.15) is 43.3 Å². The Balaban J connectivity index is 1.91. The van der Waals surface area contributed by atoms with Gasteiger partial charge in [0, 0.05) is 12.0 Å². The quantitative estimate of drug-likeness (QED) is 0.890. The highest BCUT2D eigenvalue weighted by atomic mass is 19.1. The summed E-state index contributed by atoms with van der Waals surface area (Å²) in [4.78, 5) is 12.0. The number of alkyl halides is 1. The molecule has 7 nitrogen and oxygen atoms in total. The summed E-state index contributed by atoms with van der Waals surface area (Å²) in [6.07, 6.45) is 0.679. The lowest BCUT2D eigenvalue weighted by Gasteiger charge is -2.27. The van der Waals surface area contributed by atoms with Crippen LogP contribution in [0.5, 0.6) is 5.75 Å². The third kappa shape index (κ3) is 3.20. The Labute approximate surface area is 138 Å². The van der Waals surface area contributed by atoms with Gasteiger partial charge in [-0.05, 0) is 26.0 Å². The summed E-state index contributed by atoms with van der Waals surface area (Å²) < 4.78 is 19.7. The molecule has 1 aromatic heterocycles. The van der Waals surface area contributed by atoms with Crippen LogP contribution in [0.4, 0.5) is 16.3 Å². The van der Waals surface area contributed by atoms with E-state index in [1.807, 2.05) is 6.07 Å². The second-order valence-corrected chi connectivity index (χ2v) is 6.01. The molecule has 2 heterocycles. The zero-order chi connectivity index (χ0) is 17.3. The van der Waals surface area contributed by atoms with Crippen LogP contribution < -0.4 is 15.8 Å². The van der Waals surface area contributed by atoms with E-state index in [-0.39, 0.29) is 23.8 Å². The van der Waals surface area contributed by atoms with Crippen molar-refractivity contribution in [2.75, 3.05) is 17.7 Å². The van der Waals surface area contributed by atoms with Crippen molar-refractivity contribution in [3.8, 4) is 11.8 Å². The lowest BCUT2D eigenvalue weighted by molar-refractivity contribution is 0.206. The fourth-order valence-electron chi connectivity index (χ4n) is 2.49. The first-order valence-corrected chi connectivity index (χ1v) is 7.51. The Kier molecular flexibility index (Phi) is 3.93. The normalized spacial score (nSPS) is 16.7. The smallest absolute Gasteiger partial charge is 0.228 e. The molecule has 1 aliphatic heterocycles. The molecule has 0 bridgehead atoms. The summed E-state index contributed by atoms with van der Waals surface area (Å²) in [6.45, 7) is 3.21. The van der Waals surface area contributed by atoms with Gasteiger partial charge in [0.05, 0.1) is 24.3 Å². The summed E-state index contributed by atoms with van der Waals surface area (Å²) in [5.41, 5.74) is 5.36. The highest BCUT2D eigenvalue weighted by molar-refractivity contribution is 5.47. The number of halogens is 1. The molecule has 8 heteroatoms. The molecule has 0 spiro atoms. The van der Waals surface area contributed by atoms with Crippen LogP contribution in [0.25, 0.3) is 0 Å². The molecular formula is C16H17FN6O. The summed E-state index contributed by atoms with van der Waals surface area (Å²) in [6, 6.07) is 7.20. The number of ether oxygens (including phenoxy) is 1. The van der Waals surface area contributed by atoms with Crippen LogP contribution in [-0.4, -0.2) is 21.6 Å². The van der Waals surface area contributed by atoms with Gasteiger partial charge in [-0.25, -0.2) is 4.39 Å². The second kappa shape index (κ2) is 5.92. The van der Waals surface area contributed by atoms with E-state index in [9.17, 15) is 4.39 Å². The van der Waals surface area contributed by atoms with Gasteiger partial charge in [0.2, 0.25) is 11.9 Å². The maximum atomic E-state index is 14.1. The average molecular weight is 328 g/mol. The minimum Gasteiger partial charge on any atom is -0.493 e. The molecule has 3 rings (SSSR count). The lowest BCUT2D eigenvalue weighted by Crippen LogP contribution is -2.23. The fourth-order valence-corrected chi connectivity index (χ4v) is 2.49. The minimum atomic E-state index is -1.72. The molecule has 0 saturated heterocycles. The Bertz CT molecular complexity index is 811. The highest BCUT2D eigenvalue weighted by Gasteiger charge is 2.26. The van der Waals surface area contributed by atoms with Crippen molar-refractivity contribution in [2.24, 2.45) is 0 Å². The minimum absolute atomic E-state index is 0.0235. The van der Waals surface area contributed by atoms with E-state index >= 15 is 0 Å². The first-order valence-electron chi connectivity index (χ1n) is 7.51. The standard InChI is InChI=1S/C16H17FN6O/c1-16(2,17)13-21-14(19)23-15(22-13)20-11-5-6-24-12-7-9(8-18)3-4-10(11)12/h3-4,7,11H,5-6H2,1-2H3,(H3,19,20,21,22,23). The molecule has 2 aromatic rings. The number of nitrogen functional groups attached to an aromatic ring is 1. The first kappa shape index (κ1) is 15.9. The van der Waals surface area contributed by atoms with Crippen molar-refractivity contribution in [3.63, 3.8) is 0 Å². The molecule has 1 aliphatic rings. The number of nitrogens with one attached hydrogen (secondary N) is 1. The number of anilines is 2. The van der Waals surface area contributed by atoms with Gasteiger partial charge >= 0.3 is 0 Å². The highest BCUT2D eigenvalue weighted by Crippen LogP contribution is 2.34. The van der Waals surface area contributed by atoms with Crippen LogP contribution in [0, 0.1) is 11.3 Å². The molecule has 1 aromatic carbocycles. The topological polar surface area (TPSA) is 110 Å². The molecule has 24 heavy (non-hydrogen) atoms. The summed E-state index contributed by atoms with van der Waals surface area (Å²) in [5, 5.41) is 12.1. The number of hydrogen-bond acceptors (Lipinski definition) is 7. The molecule has 0 radical (unpaired) electrons. The molecular weight excluding hydrogens is 311 g/mol. The van der Waals surface area contributed by atoms with Crippen molar-refractivity contribution in [3.05, 3.63) is 35.2 Å². The van der Waals surface area contributed by atoms with E-state index in [2.05, 4.69) is 26.3 Å². The maximum absolute atomic E-state index is 14.1. The van der Waals surface area contributed by atoms with Gasteiger partial charge in [0.1, 0.15) is 5.75 Å². The third-order valence-corrected chi connectivity index (χ3v) is 3.67. The van der Waals surface area contributed by atoms with Gasteiger partial charge < -0.3 is 15.8 Å². The predicted octanol–water partition coefficient (Wildman–Crippen LogP) is 2.47. The molecule has 0 amide bonds. The van der Waals surface area contributed by atoms with Crippen LogP contribution in [0.2, 0.25) is 0 Å². The molecule has 0 fully saturated rings. The number of rotatable bonds is 3. The van der Waals surface area contributed by atoms with E-state index in [4.69, 9.17) is 15.7 Å². The van der Waals surface area contributed by atoms with Crippen LogP contribution in [0.15, 0.2) is 18.2 Å². The Morgan fingerprint density at radius 2 is 2.17 bits per heavy atom. The lowest BCUT2D eigenvalue weighted by atomic mass is 9.99. The number of nitriles is 1. The number of nitrogens with zero attached hydrogens (tertiary/aromatic N) is 4. The van der Waals surface area contributed by atoms with E-state index < -0.39 is 5.67 Å².